The number of anilines is 1. The Labute approximate surface area is 131 Å². The number of ether oxygens (including phenoxy) is 1. The Kier molecular flexibility index (Phi) is 5.54. The van der Waals surface area contributed by atoms with E-state index in [4.69, 9.17) is 16.3 Å². The summed E-state index contributed by atoms with van der Waals surface area (Å²) in [7, 11) is 0. The van der Waals surface area contributed by atoms with Crippen molar-refractivity contribution >= 4 is 46.6 Å². The monoisotopic (exact) mass is 321 g/mol. The Morgan fingerprint density at radius 1 is 1.24 bits per heavy atom. The first-order chi connectivity index (χ1) is 10.1. The summed E-state index contributed by atoms with van der Waals surface area (Å²) in [5, 5.41) is 5.09. The van der Waals surface area contributed by atoms with Crippen molar-refractivity contribution in [3.05, 3.63) is 57.8 Å². The maximum absolute atomic E-state index is 11.6. The van der Waals surface area contributed by atoms with Crippen LogP contribution in [0, 0.1) is 0 Å². The van der Waals surface area contributed by atoms with Crippen LogP contribution in [-0.4, -0.2) is 18.5 Å². The van der Waals surface area contributed by atoms with Gasteiger partial charge in [-0.25, -0.2) is 4.79 Å². The number of esters is 1. The Hall–Kier alpha value is -2.11. The number of thiophene rings is 1. The quantitative estimate of drug-likeness (QED) is 0.676. The molecule has 0 saturated heterocycles. The number of rotatable bonds is 5. The first kappa shape index (κ1) is 15.3. The van der Waals surface area contributed by atoms with Crippen molar-refractivity contribution in [3.63, 3.8) is 0 Å². The summed E-state index contributed by atoms with van der Waals surface area (Å²) < 4.78 is 4.84. The lowest BCUT2D eigenvalue weighted by atomic mass is 10.3. The minimum atomic E-state index is -0.561. The lowest BCUT2D eigenvalue weighted by Crippen LogP contribution is -2.20. The SMILES string of the molecule is O=C(COC(=O)C=Cc1cccs1)Nc1ccc(Cl)cc1. The van der Waals surface area contributed by atoms with Crippen LogP contribution < -0.4 is 5.32 Å². The zero-order valence-electron chi connectivity index (χ0n) is 10.9. The van der Waals surface area contributed by atoms with Crippen molar-refractivity contribution in [2.75, 3.05) is 11.9 Å². The van der Waals surface area contributed by atoms with Crippen LogP contribution >= 0.6 is 22.9 Å². The maximum atomic E-state index is 11.6. The molecule has 0 unspecified atom stereocenters. The lowest BCUT2D eigenvalue weighted by Gasteiger charge is -2.05. The molecule has 0 saturated carbocycles. The van der Waals surface area contributed by atoms with Crippen LogP contribution in [0.5, 0.6) is 0 Å². The number of carbonyl (C=O) groups excluding carboxylic acids is 2. The summed E-state index contributed by atoms with van der Waals surface area (Å²) >= 11 is 7.25. The maximum Gasteiger partial charge on any atom is 0.331 e. The molecule has 2 aromatic rings. The fourth-order valence-electron chi connectivity index (χ4n) is 1.45. The second-order valence-electron chi connectivity index (χ2n) is 4.01. The third kappa shape index (κ3) is 5.41. The molecule has 0 aliphatic rings. The van der Waals surface area contributed by atoms with E-state index in [2.05, 4.69) is 5.32 Å². The van der Waals surface area contributed by atoms with Gasteiger partial charge in [0.05, 0.1) is 0 Å². The zero-order valence-corrected chi connectivity index (χ0v) is 12.5. The van der Waals surface area contributed by atoms with Crippen LogP contribution in [0.1, 0.15) is 4.88 Å². The molecule has 0 bridgehead atoms. The first-order valence-electron chi connectivity index (χ1n) is 6.07. The number of carbonyl (C=O) groups is 2. The topological polar surface area (TPSA) is 55.4 Å². The van der Waals surface area contributed by atoms with Crippen LogP contribution in [0.2, 0.25) is 5.02 Å². The molecule has 21 heavy (non-hydrogen) atoms. The largest absolute Gasteiger partial charge is 0.452 e. The average Bonchev–Trinajstić information content (AvgIpc) is 2.99. The van der Waals surface area contributed by atoms with Gasteiger partial charge in [-0.3, -0.25) is 4.79 Å². The van der Waals surface area contributed by atoms with Crippen molar-refractivity contribution in [3.8, 4) is 0 Å². The Morgan fingerprint density at radius 2 is 2.00 bits per heavy atom. The fourth-order valence-corrected chi connectivity index (χ4v) is 2.20. The Bertz CT molecular complexity index is 635. The highest BCUT2D eigenvalue weighted by molar-refractivity contribution is 7.10. The molecule has 0 atom stereocenters. The van der Waals surface area contributed by atoms with Crippen molar-refractivity contribution in [1.82, 2.24) is 0 Å². The van der Waals surface area contributed by atoms with Crippen molar-refractivity contribution < 1.29 is 14.3 Å². The first-order valence-corrected chi connectivity index (χ1v) is 7.33. The molecule has 1 amide bonds. The second kappa shape index (κ2) is 7.61. The molecule has 1 heterocycles. The number of benzene rings is 1. The Balaban J connectivity index is 1.75. The minimum Gasteiger partial charge on any atom is -0.452 e. The molecule has 0 spiro atoms. The predicted octanol–water partition coefficient (Wildman–Crippen LogP) is 3.60. The van der Waals surface area contributed by atoms with Gasteiger partial charge in [-0.2, -0.15) is 0 Å². The van der Waals surface area contributed by atoms with Gasteiger partial charge in [-0.1, -0.05) is 17.7 Å². The van der Waals surface area contributed by atoms with Crippen molar-refractivity contribution in [1.29, 1.82) is 0 Å². The van der Waals surface area contributed by atoms with E-state index in [1.165, 1.54) is 17.4 Å². The van der Waals surface area contributed by atoms with Gasteiger partial charge in [0.15, 0.2) is 6.61 Å². The van der Waals surface area contributed by atoms with E-state index in [-0.39, 0.29) is 6.61 Å². The third-order valence-electron chi connectivity index (χ3n) is 2.40. The average molecular weight is 322 g/mol. The predicted molar refractivity (Wildman–Crippen MR) is 84.4 cm³/mol. The number of hydrogen-bond donors (Lipinski definition) is 1. The third-order valence-corrected chi connectivity index (χ3v) is 3.49. The van der Waals surface area contributed by atoms with Crippen LogP contribution in [0.3, 0.4) is 0 Å². The van der Waals surface area contributed by atoms with Crippen molar-refractivity contribution in [2.45, 2.75) is 0 Å². The molecule has 4 nitrogen and oxygen atoms in total. The van der Waals surface area contributed by atoms with Crippen LogP contribution in [0.15, 0.2) is 47.9 Å². The van der Waals surface area contributed by atoms with E-state index < -0.39 is 11.9 Å². The molecule has 108 valence electrons. The van der Waals surface area contributed by atoms with Gasteiger partial charge >= 0.3 is 5.97 Å². The standard InChI is InChI=1S/C15H12ClNO3S/c16-11-3-5-12(6-4-11)17-14(18)10-20-15(19)8-7-13-2-1-9-21-13/h1-9H,10H2,(H,17,18). The molecule has 0 fully saturated rings. The van der Waals surface area contributed by atoms with Gasteiger partial charge in [-0.05, 0) is 41.8 Å². The molecule has 0 aliphatic heterocycles. The minimum absolute atomic E-state index is 0.337. The van der Waals surface area contributed by atoms with Gasteiger partial charge in [-0.15, -0.1) is 11.3 Å². The lowest BCUT2D eigenvalue weighted by molar-refractivity contribution is -0.142. The number of amides is 1. The van der Waals surface area contributed by atoms with Crippen LogP contribution in [0.25, 0.3) is 6.08 Å². The van der Waals surface area contributed by atoms with E-state index in [9.17, 15) is 9.59 Å². The van der Waals surface area contributed by atoms with E-state index in [0.717, 1.165) is 4.88 Å². The molecule has 0 radical (unpaired) electrons. The van der Waals surface area contributed by atoms with E-state index >= 15 is 0 Å². The summed E-state index contributed by atoms with van der Waals surface area (Å²) in [4.78, 5) is 24.0. The van der Waals surface area contributed by atoms with Gasteiger partial charge in [0.25, 0.3) is 5.91 Å². The molecule has 2 rings (SSSR count). The summed E-state index contributed by atoms with van der Waals surface area (Å²) in [5.41, 5.74) is 0.592. The number of hydrogen-bond acceptors (Lipinski definition) is 4. The van der Waals surface area contributed by atoms with Gasteiger partial charge in [0, 0.05) is 21.7 Å². The van der Waals surface area contributed by atoms with Gasteiger partial charge in [0.2, 0.25) is 0 Å². The van der Waals surface area contributed by atoms with E-state index in [1.807, 2.05) is 17.5 Å². The van der Waals surface area contributed by atoms with Crippen molar-refractivity contribution in [2.24, 2.45) is 0 Å². The summed E-state index contributed by atoms with van der Waals surface area (Å²) in [6, 6.07) is 10.4. The second-order valence-corrected chi connectivity index (χ2v) is 5.43. The highest BCUT2D eigenvalue weighted by Crippen LogP contribution is 2.13. The zero-order chi connectivity index (χ0) is 15.1. The molecule has 1 aromatic heterocycles. The van der Waals surface area contributed by atoms with Gasteiger partial charge in [0.1, 0.15) is 0 Å². The molecular formula is C15H12ClNO3S. The number of nitrogens with one attached hydrogen (secondary N) is 1. The van der Waals surface area contributed by atoms with E-state index in [0.29, 0.717) is 10.7 Å². The molecular weight excluding hydrogens is 310 g/mol. The molecule has 1 N–H and O–H groups in total. The molecule has 0 aliphatic carbocycles. The highest BCUT2D eigenvalue weighted by atomic mass is 35.5. The summed E-state index contributed by atoms with van der Waals surface area (Å²) in [6.07, 6.45) is 2.94. The van der Waals surface area contributed by atoms with Crippen LogP contribution in [-0.2, 0) is 14.3 Å². The fraction of sp³-hybridized carbons (Fsp3) is 0.0667. The van der Waals surface area contributed by atoms with E-state index in [1.54, 1.807) is 30.3 Å². The Morgan fingerprint density at radius 3 is 2.67 bits per heavy atom. The normalized spacial score (nSPS) is 10.5. The van der Waals surface area contributed by atoms with Crippen LogP contribution in [0.4, 0.5) is 5.69 Å². The number of halogens is 1. The highest BCUT2D eigenvalue weighted by Gasteiger charge is 2.05. The van der Waals surface area contributed by atoms with Gasteiger partial charge < -0.3 is 10.1 Å². The smallest absolute Gasteiger partial charge is 0.331 e. The summed E-state index contributed by atoms with van der Waals surface area (Å²) in [5.74, 6) is -0.968. The molecule has 1 aromatic carbocycles. The summed E-state index contributed by atoms with van der Waals surface area (Å²) in [6.45, 7) is -0.337. The molecule has 6 heteroatoms.